The van der Waals surface area contributed by atoms with Crippen LogP contribution in [-0.2, 0) is 29.2 Å². The Morgan fingerprint density at radius 1 is 0.775 bits per heavy atom. The van der Waals surface area contributed by atoms with Crippen molar-refractivity contribution in [3.8, 4) is 22.8 Å². The molecule has 0 spiro atoms. The number of rotatable bonds is 8. The van der Waals surface area contributed by atoms with Crippen molar-refractivity contribution in [2.24, 2.45) is 0 Å². The van der Waals surface area contributed by atoms with E-state index in [2.05, 4.69) is 19.4 Å². The zero-order valence-corrected chi connectivity index (χ0v) is 21.7. The first-order chi connectivity index (χ1) is 18.4. The van der Waals surface area contributed by atoms with Crippen LogP contribution in [0.1, 0.15) is 65.6 Å². The van der Waals surface area contributed by atoms with Gasteiger partial charge in [-0.1, -0.05) is 63.4 Å². The van der Waals surface area contributed by atoms with Gasteiger partial charge in [0.05, 0.1) is 20.8 Å². The summed E-state index contributed by atoms with van der Waals surface area (Å²) < 4.78 is 13.1. The Morgan fingerprint density at radius 3 is 1.50 bits per heavy atom. The van der Waals surface area contributed by atoms with Gasteiger partial charge in [0.1, 0.15) is 17.9 Å². The standard InChI is InChI=1S/C14H16N2O3.C14H14N2O3.2CH4/c2*1-3-16-8-12(14(18)19-2)15-13(16)11-6-4-10(9-17)5-7-11;;/h4-8,17H,3,9H2,1-2H3;4-9H,3H2,1-2H3;2*1H4. The van der Waals surface area contributed by atoms with Crippen LogP contribution in [0, 0.1) is 0 Å². The molecule has 10 heteroatoms. The van der Waals surface area contributed by atoms with Crippen LogP contribution >= 0.6 is 0 Å². The van der Waals surface area contributed by atoms with Crippen molar-refractivity contribution in [1.82, 2.24) is 19.1 Å². The van der Waals surface area contributed by atoms with E-state index >= 15 is 0 Å². The van der Waals surface area contributed by atoms with Crippen molar-refractivity contribution in [2.75, 3.05) is 14.2 Å². The Bertz CT molecular complexity index is 1390. The second-order valence-corrected chi connectivity index (χ2v) is 8.05. The van der Waals surface area contributed by atoms with Crippen LogP contribution in [0.4, 0.5) is 0 Å². The number of imidazole rings is 2. The molecule has 1 N–H and O–H groups in total. The smallest absolute Gasteiger partial charge is 0.358 e. The van der Waals surface area contributed by atoms with E-state index in [1.54, 1.807) is 36.7 Å². The summed E-state index contributed by atoms with van der Waals surface area (Å²) in [5.74, 6) is 0.492. The summed E-state index contributed by atoms with van der Waals surface area (Å²) in [4.78, 5) is 42.2. The number of ether oxygens (including phenoxy) is 2. The Balaban J connectivity index is 0.000000381. The molecule has 0 saturated heterocycles. The number of carbonyl (C=O) groups excluding carboxylic acids is 3. The lowest BCUT2D eigenvalue weighted by Gasteiger charge is -2.04. The molecule has 4 aromatic rings. The van der Waals surface area contributed by atoms with Crippen molar-refractivity contribution < 1.29 is 29.0 Å². The van der Waals surface area contributed by atoms with E-state index in [0.29, 0.717) is 36.0 Å². The molecule has 0 atom stereocenters. The molecule has 0 unspecified atom stereocenters. The number of hydrogen-bond donors (Lipinski definition) is 1. The van der Waals surface area contributed by atoms with Crippen LogP contribution in [0.15, 0.2) is 60.9 Å². The van der Waals surface area contributed by atoms with Crippen LogP contribution in [0.2, 0.25) is 0 Å². The number of hydrogen-bond acceptors (Lipinski definition) is 8. The van der Waals surface area contributed by atoms with Gasteiger partial charge in [-0.15, -0.1) is 0 Å². The predicted octanol–water partition coefficient (Wildman–Crippen LogP) is 5.29. The second-order valence-electron chi connectivity index (χ2n) is 8.05. The first-order valence-corrected chi connectivity index (χ1v) is 12.0. The van der Waals surface area contributed by atoms with Gasteiger partial charge in [-0.3, -0.25) is 4.79 Å². The largest absolute Gasteiger partial charge is 0.464 e. The SMILES string of the molecule is C.C.CCn1cc(C(=O)OC)nc1-c1ccc(C=O)cc1.CCn1cc(C(=O)OC)nc1-c1ccc(CO)cc1. The number of aryl methyl sites for hydroxylation is 2. The molecule has 2 heterocycles. The lowest BCUT2D eigenvalue weighted by atomic mass is 10.1. The van der Waals surface area contributed by atoms with Crippen LogP contribution in [0.25, 0.3) is 22.8 Å². The van der Waals surface area contributed by atoms with E-state index in [0.717, 1.165) is 23.0 Å². The van der Waals surface area contributed by atoms with Gasteiger partial charge in [0.15, 0.2) is 11.4 Å². The minimum Gasteiger partial charge on any atom is -0.464 e. The Kier molecular flexibility index (Phi) is 13.2. The zero-order chi connectivity index (χ0) is 27.7. The lowest BCUT2D eigenvalue weighted by molar-refractivity contribution is 0.0586. The number of aliphatic hydroxyl groups excluding tert-OH is 1. The molecular formula is C30H38N4O6. The minimum absolute atomic E-state index is 0. The third-order valence-electron chi connectivity index (χ3n) is 5.72. The molecule has 0 amide bonds. The number of methoxy groups -OCH3 is 2. The number of carbonyl (C=O) groups is 3. The van der Waals surface area contributed by atoms with Gasteiger partial charge >= 0.3 is 11.9 Å². The van der Waals surface area contributed by atoms with Gasteiger partial charge in [-0.2, -0.15) is 0 Å². The highest BCUT2D eigenvalue weighted by Crippen LogP contribution is 2.21. The molecule has 0 bridgehead atoms. The Labute approximate surface area is 235 Å². The van der Waals surface area contributed by atoms with Gasteiger partial charge in [-0.05, 0) is 19.4 Å². The maximum Gasteiger partial charge on any atom is 0.358 e. The predicted molar refractivity (Wildman–Crippen MR) is 154 cm³/mol. The fourth-order valence-electron chi connectivity index (χ4n) is 3.65. The van der Waals surface area contributed by atoms with Crippen molar-refractivity contribution in [3.05, 3.63) is 83.4 Å². The molecule has 0 aliphatic carbocycles. The van der Waals surface area contributed by atoms with Crippen LogP contribution in [0.5, 0.6) is 0 Å². The van der Waals surface area contributed by atoms with Crippen molar-refractivity contribution in [2.45, 2.75) is 48.4 Å². The first-order valence-electron chi connectivity index (χ1n) is 12.0. The quantitative estimate of drug-likeness (QED) is 0.232. The number of aliphatic hydroxyl groups is 1. The number of aromatic nitrogens is 4. The molecule has 10 nitrogen and oxygen atoms in total. The number of benzene rings is 2. The molecule has 2 aromatic heterocycles. The van der Waals surface area contributed by atoms with E-state index in [9.17, 15) is 14.4 Å². The molecule has 2 aromatic carbocycles. The number of aldehydes is 1. The number of esters is 2. The van der Waals surface area contributed by atoms with Gasteiger partial charge in [0.25, 0.3) is 0 Å². The van der Waals surface area contributed by atoms with Crippen LogP contribution in [-0.4, -0.2) is 56.7 Å². The maximum absolute atomic E-state index is 11.5. The van der Waals surface area contributed by atoms with E-state index in [1.165, 1.54) is 14.2 Å². The normalized spacial score (nSPS) is 9.82. The zero-order valence-electron chi connectivity index (χ0n) is 21.7. The van der Waals surface area contributed by atoms with Gasteiger partial charge < -0.3 is 23.7 Å². The Morgan fingerprint density at radius 2 is 1.18 bits per heavy atom. The second kappa shape index (κ2) is 15.7. The summed E-state index contributed by atoms with van der Waals surface area (Å²) in [6.45, 7) is 5.35. The first kappa shape index (κ1) is 33.5. The van der Waals surface area contributed by atoms with E-state index in [1.807, 2.05) is 47.2 Å². The monoisotopic (exact) mass is 550 g/mol. The fourth-order valence-corrected chi connectivity index (χ4v) is 3.65. The van der Waals surface area contributed by atoms with Crippen LogP contribution in [0.3, 0.4) is 0 Å². The Hall–Kier alpha value is -4.57. The summed E-state index contributed by atoms with van der Waals surface area (Å²) in [6, 6.07) is 14.5. The minimum atomic E-state index is -0.460. The van der Waals surface area contributed by atoms with Gasteiger partial charge in [0, 0.05) is 42.2 Å². The molecular weight excluding hydrogens is 512 g/mol. The molecule has 0 fully saturated rings. The van der Waals surface area contributed by atoms with Crippen molar-refractivity contribution in [3.63, 3.8) is 0 Å². The molecule has 0 aliphatic heterocycles. The summed E-state index contributed by atoms with van der Waals surface area (Å²) in [6.07, 6.45) is 4.13. The molecule has 0 aliphatic rings. The average Bonchev–Trinajstić information content (AvgIpc) is 3.61. The topological polar surface area (TPSA) is 126 Å². The summed E-state index contributed by atoms with van der Waals surface area (Å²) >= 11 is 0. The summed E-state index contributed by atoms with van der Waals surface area (Å²) in [5, 5.41) is 9.03. The lowest BCUT2D eigenvalue weighted by Crippen LogP contribution is -2.01. The summed E-state index contributed by atoms with van der Waals surface area (Å²) in [5.41, 5.74) is 3.76. The van der Waals surface area contributed by atoms with Gasteiger partial charge in [0.2, 0.25) is 0 Å². The van der Waals surface area contributed by atoms with Crippen molar-refractivity contribution in [1.29, 1.82) is 0 Å². The average molecular weight is 551 g/mol. The molecule has 0 radical (unpaired) electrons. The van der Waals surface area contributed by atoms with Crippen molar-refractivity contribution >= 4 is 18.2 Å². The molecule has 40 heavy (non-hydrogen) atoms. The van der Waals surface area contributed by atoms with Gasteiger partial charge in [-0.25, -0.2) is 19.6 Å². The highest BCUT2D eigenvalue weighted by Gasteiger charge is 2.16. The van der Waals surface area contributed by atoms with E-state index in [-0.39, 0.29) is 27.2 Å². The third-order valence-corrected chi connectivity index (χ3v) is 5.72. The maximum atomic E-state index is 11.5. The van der Waals surface area contributed by atoms with Crippen LogP contribution < -0.4 is 0 Å². The molecule has 214 valence electrons. The van der Waals surface area contributed by atoms with E-state index in [4.69, 9.17) is 5.11 Å². The molecule has 4 rings (SSSR count). The van der Waals surface area contributed by atoms with E-state index < -0.39 is 11.9 Å². The third kappa shape index (κ3) is 7.73. The summed E-state index contributed by atoms with van der Waals surface area (Å²) in [7, 11) is 2.66. The highest BCUT2D eigenvalue weighted by molar-refractivity contribution is 5.88. The molecule has 0 saturated carbocycles. The highest BCUT2D eigenvalue weighted by atomic mass is 16.5. The fraction of sp³-hybridized carbons (Fsp3) is 0.300. The number of nitrogens with zero attached hydrogens (tertiary/aromatic N) is 4.